The molecule has 3 amide bonds. The maximum Gasteiger partial charge on any atom is 0.414 e. The predicted octanol–water partition coefficient (Wildman–Crippen LogP) is 2.59. The molecule has 2 aliphatic heterocycles. The van der Waals surface area contributed by atoms with E-state index in [1.807, 2.05) is 0 Å². The van der Waals surface area contributed by atoms with Crippen LogP contribution in [0, 0.1) is 11.6 Å². The number of benzene rings is 2. The summed E-state index contributed by atoms with van der Waals surface area (Å²) in [5.41, 5.74) is 0.748. The number of cyclic esters (lactones) is 1. The van der Waals surface area contributed by atoms with Crippen LogP contribution in [-0.4, -0.2) is 42.0 Å². The van der Waals surface area contributed by atoms with Gasteiger partial charge in [-0.05, 0) is 24.3 Å². The summed E-state index contributed by atoms with van der Waals surface area (Å²) in [4.78, 5) is 38.9. The Morgan fingerprint density at radius 3 is 2.23 bits per heavy atom. The van der Waals surface area contributed by atoms with Crippen LogP contribution < -0.4 is 4.90 Å². The molecule has 1 fully saturated rings. The molecule has 0 spiro atoms. The largest absolute Gasteiger partial charge is 0.442 e. The molecule has 0 aromatic heterocycles. The molecular formula is C18H12F2N2O4. The molecule has 132 valence electrons. The SMILES string of the molecule is O=C1c2ccccc2C(=O)N1CC1CN(c2ccc(F)c(F)c2)C(=O)O1. The third-order valence-electron chi connectivity index (χ3n) is 4.35. The highest BCUT2D eigenvalue weighted by Gasteiger charge is 2.40. The second kappa shape index (κ2) is 5.91. The van der Waals surface area contributed by atoms with Crippen LogP contribution in [0.2, 0.25) is 0 Å². The average molecular weight is 358 g/mol. The first-order valence-electron chi connectivity index (χ1n) is 7.84. The lowest BCUT2D eigenvalue weighted by atomic mass is 10.1. The molecule has 4 rings (SSSR count). The number of fused-ring (bicyclic) bond motifs is 1. The average Bonchev–Trinajstić information content (AvgIpc) is 3.11. The summed E-state index contributed by atoms with van der Waals surface area (Å²) in [5, 5.41) is 0. The van der Waals surface area contributed by atoms with Crippen molar-refractivity contribution in [3.05, 3.63) is 65.2 Å². The molecule has 2 aromatic carbocycles. The quantitative estimate of drug-likeness (QED) is 0.791. The summed E-state index contributed by atoms with van der Waals surface area (Å²) < 4.78 is 31.6. The van der Waals surface area contributed by atoms with E-state index < -0.39 is 35.6 Å². The number of carbonyl (C=O) groups is 3. The second-order valence-electron chi connectivity index (χ2n) is 5.98. The molecule has 0 N–H and O–H groups in total. The van der Waals surface area contributed by atoms with Gasteiger partial charge < -0.3 is 4.74 Å². The Morgan fingerprint density at radius 2 is 1.62 bits per heavy atom. The van der Waals surface area contributed by atoms with Gasteiger partial charge in [-0.2, -0.15) is 0 Å². The van der Waals surface area contributed by atoms with Crippen molar-refractivity contribution in [3.8, 4) is 0 Å². The van der Waals surface area contributed by atoms with Crippen LogP contribution in [-0.2, 0) is 4.74 Å². The van der Waals surface area contributed by atoms with E-state index >= 15 is 0 Å². The van der Waals surface area contributed by atoms with Crippen molar-refractivity contribution in [2.24, 2.45) is 0 Å². The Labute approximate surface area is 146 Å². The topological polar surface area (TPSA) is 66.9 Å². The molecule has 2 aromatic rings. The Morgan fingerprint density at radius 1 is 0.962 bits per heavy atom. The van der Waals surface area contributed by atoms with Crippen LogP contribution in [0.15, 0.2) is 42.5 Å². The van der Waals surface area contributed by atoms with Crippen molar-refractivity contribution < 1.29 is 27.9 Å². The van der Waals surface area contributed by atoms with Gasteiger partial charge in [0.2, 0.25) is 0 Å². The van der Waals surface area contributed by atoms with Crippen LogP contribution in [0.4, 0.5) is 19.3 Å². The fraction of sp³-hybridized carbons (Fsp3) is 0.167. The maximum atomic E-state index is 13.4. The Balaban J connectivity index is 1.51. The van der Waals surface area contributed by atoms with Crippen molar-refractivity contribution in [2.45, 2.75) is 6.10 Å². The number of amides is 3. The maximum absolute atomic E-state index is 13.4. The smallest absolute Gasteiger partial charge is 0.414 e. The Bertz CT molecular complexity index is 912. The predicted molar refractivity (Wildman–Crippen MR) is 85.8 cm³/mol. The molecule has 0 bridgehead atoms. The van der Waals surface area contributed by atoms with Gasteiger partial charge in [-0.1, -0.05) is 12.1 Å². The summed E-state index contributed by atoms with van der Waals surface area (Å²) in [6.07, 6.45) is -1.52. The highest BCUT2D eigenvalue weighted by Crippen LogP contribution is 2.27. The van der Waals surface area contributed by atoms with E-state index in [1.165, 1.54) is 6.07 Å². The van der Waals surface area contributed by atoms with Gasteiger partial charge in [-0.3, -0.25) is 19.4 Å². The number of nitrogens with zero attached hydrogens (tertiary/aromatic N) is 2. The van der Waals surface area contributed by atoms with E-state index in [2.05, 4.69) is 0 Å². The number of hydrogen-bond acceptors (Lipinski definition) is 4. The molecule has 0 radical (unpaired) electrons. The third kappa shape index (κ3) is 2.50. The number of halogens is 2. The van der Waals surface area contributed by atoms with Gasteiger partial charge in [0.15, 0.2) is 11.6 Å². The van der Waals surface area contributed by atoms with Gasteiger partial charge in [0.05, 0.1) is 29.9 Å². The zero-order valence-electron chi connectivity index (χ0n) is 13.3. The molecule has 2 heterocycles. The molecule has 1 unspecified atom stereocenters. The van der Waals surface area contributed by atoms with E-state index in [0.717, 1.165) is 21.9 Å². The van der Waals surface area contributed by atoms with Crippen molar-refractivity contribution in [1.29, 1.82) is 0 Å². The van der Waals surface area contributed by atoms with E-state index in [4.69, 9.17) is 4.74 Å². The molecule has 1 saturated heterocycles. The first kappa shape index (κ1) is 16.2. The molecule has 0 aliphatic carbocycles. The van der Waals surface area contributed by atoms with Gasteiger partial charge in [0.25, 0.3) is 11.8 Å². The number of rotatable bonds is 3. The number of hydrogen-bond donors (Lipinski definition) is 0. The van der Waals surface area contributed by atoms with Gasteiger partial charge in [0.1, 0.15) is 6.10 Å². The molecule has 2 aliphatic rings. The van der Waals surface area contributed by atoms with Crippen LogP contribution >= 0.6 is 0 Å². The van der Waals surface area contributed by atoms with Gasteiger partial charge >= 0.3 is 6.09 Å². The zero-order valence-corrected chi connectivity index (χ0v) is 13.3. The van der Waals surface area contributed by atoms with Crippen molar-refractivity contribution >= 4 is 23.6 Å². The minimum atomic E-state index is -1.08. The number of anilines is 1. The minimum Gasteiger partial charge on any atom is -0.442 e. The summed E-state index contributed by atoms with van der Waals surface area (Å²) in [7, 11) is 0. The lowest BCUT2D eigenvalue weighted by Gasteiger charge is -2.17. The number of imide groups is 1. The van der Waals surface area contributed by atoms with Gasteiger partial charge in [0, 0.05) is 6.07 Å². The van der Waals surface area contributed by atoms with Gasteiger partial charge in [-0.25, -0.2) is 13.6 Å². The monoisotopic (exact) mass is 358 g/mol. The van der Waals surface area contributed by atoms with E-state index in [9.17, 15) is 23.2 Å². The minimum absolute atomic E-state index is 0.0112. The van der Waals surface area contributed by atoms with Crippen molar-refractivity contribution in [3.63, 3.8) is 0 Å². The standard InChI is InChI=1S/C18H12F2N2O4/c19-14-6-5-10(7-15(14)20)21-8-11(26-18(21)25)9-22-16(23)12-3-1-2-4-13(12)17(22)24/h1-7,11H,8-9H2. The van der Waals surface area contributed by atoms with Crippen molar-refractivity contribution in [2.75, 3.05) is 18.0 Å². The number of ether oxygens (including phenoxy) is 1. The van der Waals surface area contributed by atoms with Crippen molar-refractivity contribution in [1.82, 2.24) is 4.90 Å². The fourth-order valence-electron chi connectivity index (χ4n) is 3.09. The lowest BCUT2D eigenvalue weighted by molar-refractivity contribution is 0.0558. The van der Waals surface area contributed by atoms with Crippen LogP contribution in [0.5, 0.6) is 0 Å². The van der Waals surface area contributed by atoms with Crippen LogP contribution in [0.1, 0.15) is 20.7 Å². The zero-order chi connectivity index (χ0) is 18.4. The summed E-state index contributed by atoms with van der Waals surface area (Å²) in [5.74, 6) is -3.01. The van der Waals surface area contributed by atoms with Gasteiger partial charge in [-0.15, -0.1) is 0 Å². The first-order valence-corrected chi connectivity index (χ1v) is 7.84. The molecule has 8 heteroatoms. The molecule has 6 nitrogen and oxygen atoms in total. The summed E-state index contributed by atoms with van der Waals surface area (Å²) >= 11 is 0. The fourth-order valence-corrected chi connectivity index (χ4v) is 3.09. The highest BCUT2D eigenvalue weighted by molar-refractivity contribution is 6.21. The molecule has 1 atom stereocenters. The highest BCUT2D eigenvalue weighted by atomic mass is 19.2. The molecular weight excluding hydrogens is 346 g/mol. The van der Waals surface area contributed by atoms with E-state index in [1.54, 1.807) is 24.3 Å². The summed E-state index contributed by atoms with van der Waals surface area (Å²) in [6, 6.07) is 9.50. The second-order valence-corrected chi connectivity index (χ2v) is 5.98. The third-order valence-corrected chi connectivity index (χ3v) is 4.35. The van der Waals surface area contributed by atoms with E-state index in [-0.39, 0.29) is 18.8 Å². The first-order chi connectivity index (χ1) is 12.5. The molecule has 26 heavy (non-hydrogen) atoms. The normalized spacial score (nSPS) is 19.2. The van der Waals surface area contributed by atoms with Crippen LogP contribution in [0.25, 0.3) is 0 Å². The molecule has 0 saturated carbocycles. The number of carbonyl (C=O) groups excluding carboxylic acids is 3. The van der Waals surface area contributed by atoms with E-state index in [0.29, 0.717) is 11.1 Å². The van der Waals surface area contributed by atoms with Crippen LogP contribution in [0.3, 0.4) is 0 Å². The Hall–Kier alpha value is -3.29. The lowest BCUT2D eigenvalue weighted by Crippen LogP contribution is -2.38. The summed E-state index contributed by atoms with van der Waals surface area (Å²) in [6.45, 7) is -0.102. The Kier molecular flexibility index (Phi) is 3.68.